The second-order valence-electron chi connectivity index (χ2n) is 3.39. The minimum Gasteiger partial charge on any atom is -0.295 e. The molecule has 0 aliphatic rings. The van der Waals surface area contributed by atoms with E-state index in [2.05, 4.69) is 15.2 Å². The number of H-pyrrole nitrogens is 1. The van der Waals surface area contributed by atoms with Crippen molar-refractivity contribution in [1.29, 1.82) is 0 Å². The van der Waals surface area contributed by atoms with Crippen molar-refractivity contribution >= 4 is 17.5 Å². The summed E-state index contributed by atoms with van der Waals surface area (Å²) in [7, 11) is 0. The van der Waals surface area contributed by atoms with Crippen LogP contribution in [0.15, 0.2) is 34.3 Å². The lowest BCUT2D eigenvalue weighted by atomic mass is 10.2. The molecule has 2 aromatic rings. The third kappa shape index (κ3) is 2.49. The molecule has 0 saturated carbocycles. The number of carbonyl (C=O) groups excluding carboxylic acids is 1. The van der Waals surface area contributed by atoms with Gasteiger partial charge in [0.1, 0.15) is 5.82 Å². The predicted octanol–water partition coefficient (Wildman–Crippen LogP) is 2.47. The third-order valence-electron chi connectivity index (χ3n) is 2.05. The molecule has 0 radical (unpaired) electrons. The van der Waals surface area contributed by atoms with Gasteiger partial charge in [0, 0.05) is 10.5 Å². The van der Waals surface area contributed by atoms with Crippen LogP contribution in [0.2, 0.25) is 0 Å². The first-order chi connectivity index (χ1) is 7.65. The fourth-order valence-corrected chi connectivity index (χ4v) is 1.99. The van der Waals surface area contributed by atoms with Gasteiger partial charge in [-0.15, -0.1) is 5.10 Å². The molecular weight excluding hydrogens is 222 g/mol. The standard InChI is InChI=1S/C11H11N3OS/c1-7(15)9-3-5-10(6-4-9)16-11-12-8(2)13-14-11/h3-6H,1-2H3,(H,12,13,14). The Labute approximate surface area is 97.5 Å². The number of hydrogen-bond acceptors (Lipinski definition) is 4. The molecule has 0 aliphatic carbocycles. The molecule has 1 aromatic heterocycles. The Kier molecular flexibility index (Phi) is 3.05. The lowest BCUT2D eigenvalue weighted by Gasteiger charge is -1.98. The number of Topliss-reactive ketones (excluding diaryl/α,β-unsaturated/α-hetero) is 1. The van der Waals surface area contributed by atoms with Gasteiger partial charge in [-0.1, -0.05) is 12.1 Å². The molecule has 5 heteroatoms. The Hall–Kier alpha value is -1.62. The van der Waals surface area contributed by atoms with Crippen LogP contribution < -0.4 is 0 Å². The van der Waals surface area contributed by atoms with E-state index in [0.29, 0.717) is 5.16 Å². The van der Waals surface area contributed by atoms with Crippen LogP contribution in [-0.2, 0) is 0 Å². The van der Waals surface area contributed by atoms with Crippen molar-refractivity contribution in [3.63, 3.8) is 0 Å². The summed E-state index contributed by atoms with van der Waals surface area (Å²) in [6.45, 7) is 3.41. The quantitative estimate of drug-likeness (QED) is 0.827. The lowest BCUT2D eigenvalue weighted by molar-refractivity contribution is 0.101. The van der Waals surface area contributed by atoms with Crippen LogP contribution in [0.25, 0.3) is 0 Å². The van der Waals surface area contributed by atoms with E-state index in [4.69, 9.17) is 0 Å². The van der Waals surface area contributed by atoms with Gasteiger partial charge in [0.05, 0.1) is 0 Å². The molecule has 0 fully saturated rings. The Bertz CT molecular complexity index is 504. The normalized spacial score (nSPS) is 10.4. The van der Waals surface area contributed by atoms with Gasteiger partial charge in [-0.2, -0.15) is 0 Å². The van der Waals surface area contributed by atoms with Gasteiger partial charge in [-0.25, -0.2) is 4.98 Å². The molecule has 0 atom stereocenters. The first-order valence-corrected chi connectivity index (χ1v) is 5.64. The van der Waals surface area contributed by atoms with Gasteiger partial charge < -0.3 is 0 Å². The molecule has 0 amide bonds. The number of ketones is 1. The summed E-state index contributed by atoms with van der Waals surface area (Å²) in [6, 6.07) is 7.41. The third-order valence-corrected chi connectivity index (χ3v) is 2.92. The summed E-state index contributed by atoms with van der Waals surface area (Å²) in [5.41, 5.74) is 0.718. The average Bonchev–Trinajstić information content (AvgIpc) is 2.65. The van der Waals surface area contributed by atoms with E-state index in [-0.39, 0.29) is 5.78 Å². The first-order valence-electron chi connectivity index (χ1n) is 4.83. The van der Waals surface area contributed by atoms with E-state index in [0.717, 1.165) is 16.3 Å². The van der Waals surface area contributed by atoms with E-state index in [9.17, 15) is 4.79 Å². The van der Waals surface area contributed by atoms with Crippen molar-refractivity contribution < 1.29 is 4.79 Å². The fourth-order valence-electron chi connectivity index (χ4n) is 1.23. The molecule has 0 unspecified atom stereocenters. The molecule has 1 heterocycles. The van der Waals surface area contributed by atoms with Gasteiger partial charge in [-0.05, 0) is 37.7 Å². The maximum atomic E-state index is 11.1. The van der Waals surface area contributed by atoms with E-state index >= 15 is 0 Å². The highest BCUT2D eigenvalue weighted by Gasteiger charge is 2.03. The van der Waals surface area contributed by atoms with Crippen molar-refractivity contribution in [1.82, 2.24) is 15.2 Å². The van der Waals surface area contributed by atoms with Gasteiger partial charge >= 0.3 is 0 Å². The van der Waals surface area contributed by atoms with E-state index in [1.54, 1.807) is 6.92 Å². The van der Waals surface area contributed by atoms with Gasteiger partial charge in [-0.3, -0.25) is 9.89 Å². The summed E-state index contributed by atoms with van der Waals surface area (Å²) < 4.78 is 0. The Morgan fingerprint density at radius 1 is 1.31 bits per heavy atom. The number of rotatable bonds is 3. The highest BCUT2D eigenvalue weighted by Crippen LogP contribution is 2.24. The molecule has 82 valence electrons. The lowest BCUT2D eigenvalue weighted by Crippen LogP contribution is -1.90. The minimum absolute atomic E-state index is 0.0743. The average molecular weight is 233 g/mol. The van der Waals surface area contributed by atoms with Crippen LogP contribution in [0.4, 0.5) is 0 Å². The summed E-state index contributed by atoms with van der Waals surface area (Å²) in [6.07, 6.45) is 0. The van der Waals surface area contributed by atoms with Crippen LogP contribution in [0.1, 0.15) is 23.1 Å². The van der Waals surface area contributed by atoms with Gasteiger partial charge in [0.15, 0.2) is 5.78 Å². The van der Waals surface area contributed by atoms with Crippen LogP contribution in [0.3, 0.4) is 0 Å². The van der Waals surface area contributed by atoms with E-state index in [1.165, 1.54) is 11.8 Å². The summed E-state index contributed by atoms with van der Waals surface area (Å²) in [5.74, 6) is 0.869. The zero-order valence-corrected chi connectivity index (χ0v) is 9.84. The molecule has 0 spiro atoms. The van der Waals surface area contributed by atoms with Crippen molar-refractivity contribution in [3.05, 3.63) is 35.7 Å². The summed E-state index contributed by atoms with van der Waals surface area (Å²) in [4.78, 5) is 16.3. The zero-order chi connectivity index (χ0) is 11.5. The topological polar surface area (TPSA) is 58.6 Å². The number of carbonyl (C=O) groups is 1. The number of hydrogen-bond donors (Lipinski definition) is 1. The van der Waals surface area contributed by atoms with Crippen LogP contribution in [0.5, 0.6) is 0 Å². The second kappa shape index (κ2) is 4.49. The molecule has 1 N–H and O–H groups in total. The minimum atomic E-state index is 0.0743. The van der Waals surface area contributed by atoms with Crippen molar-refractivity contribution in [3.8, 4) is 0 Å². The number of nitrogens with one attached hydrogen (secondary N) is 1. The van der Waals surface area contributed by atoms with Crippen LogP contribution in [-0.4, -0.2) is 21.0 Å². The number of nitrogens with zero attached hydrogens (tertiary/aromatic N) is 2. The van der Waals surface area contributed by atoms with Gasteiger partial charge in [0.2, 0.25) is 5.16 Å². The number of aryl methyl sites for hydroxylation is 1. The molecular formula is C11H11N3OS. The molecule has 0 bridgehead atoms. The predicted molar refractivity (Wildman–Crippen MR) is 61.7 cm³/mol. The second-order valence-corrected chi connectivity index (χ2v) is 4.43. The Balaban J connectivity index is 2.14. The monoisotopic (exact) mass is 233 g/mol. The molecule has 0 aliphatic heterocycles. The van der Waals surface area contributed by atoms with E-state index in [1.807, 2.05) is 31.2 Å². The number of aromatic amines is 1. The largest absolute Gasteiger partial charge is 0.295 e. The first kappa shape index (κ1) is 10.9. The Morgan fingerprint density at radius 3 is 2.50 bits per heavy atom. The molecule has 2 rings (SSSR count). The Morgan fingerprint density at radius 2 is 2.00 bits per heavy atom. The van der Waals surface area contributed by atoms with Crippen LogP contribution in [0, 0.1) is 6.92 Å². The number of benzene rings is 1. The summed E-state index contributed by atoms with van der Waals surface area (Å²) in [5, 5.41) is 7.50. The van der Waals surface area contributed by atoms with Crippen molar-refractivity contribution in [2.45, 2.75) is 23.9 Å². The zero-order valence-electron chi connectivity index (χ0n) is 9.02. The smallest absolute Gasteiger partial charge is 0.213 e. The highest BCUT2D eigenvalue weighted by molar-refractivity contribution is 7.99. The maximum absolute atomic E-state index is 11.1. The van der Waals surface area contributed by atoms with Crippen molar-refractivity contribution in [2.75, 3.05) is 0 Å². The molecule has 4 nitrogen and oxygen atoms in total. The molecule has 1 aromatic carbocycles. The van der Waals surface area contributed by atoms with Crippen LogP contribution >= 0.6 is 11.8 Å². The fraction of sp³-hybridized carbons (Fsp3) is 0.182. The molecule has 0 saturated heterocycles. The van der Waals surface area contributed by atoms with Gasteiger partial charge in [0.25, 0.3) is 0 Å². The SMILES string of the molecule is CC(=O)c1ccc(Sc2n[nH]c(C)n2)cc1. The number of aromatic nitrogens is 3. The van der Waals surface area contributed by atoms with E-state index < -0.39 is 0 Å². The van der Waals surface area contributed by atoms with Crippen molar-refractivity contribution in [2.24, 2.45) is 0 Å². The summed E-state index contributed by atoms with van der Waals surface area (Å²) >= 11 is 1.46. The highest BCUT2D eigenvalue weighted by atomic mass is 32.2. The maximum Gasteiger partial charge on any atom is 0.213 e. The molecule has 16 heavy (non-hydrogen) atoms.